The van der Waals surface area contributed by atoms with Gasteiger partial charge in [-0.1, -0.05) is 58.4 Å². The van der Waals surface area contributed by atoms with Gasteiger partial charge in [-0.3, -0.25) is 9.59 Å². The molecule has 0 saturated carbocycles. The molecule has 0 radical (unpaired) electrons. The van der Waals surface area contributed by atoms with Crippen LogP contribution in [0.3, 0.4) is 0 Å². The van der Waals surface area contributed by atoms with E-state index in [0.717, 1.165) is 10.0 Å². The molecule has 0 aliphatic carbocycles. The molecule has 118 valence electrons. The van der Waals surface area contributed by atoms with Crippen molar-refractivity contribution < 1.29 is 14.3 Å². The largest absolute Gasteiger partial charge is 0.460 e. The van der Waals surface area contributed by atoms with Gasteiger partial charge in [0, 0.05) is 10.0 Å². The Hall–Kier alpha value is -2.40. The number of nitrogens with one attached hydrogen (secondary N) is 1. The average molecular weight is 374 g/mol. The summed E-state index contributed by atoms with van der Waals surface area (Å²) in [6, 6.07) is 16.7. The van der Waals surface area contributed by atoms with Crippen molar-refractivity contribution in [3.05, 3.63) is 76.3 Å². The van der Waals surface area contributed by atoms with Crippen LogP contribution in [0.4, 0.5) is 0 Å². The van der Waals surface area contributed by atoms with Crippen molar-refractivity contribution in [1.82, 2.24) is 5.32 Å². The van der Waals surface area contributed by atoms with Crippen LogP contribution in [0.25, 0.3) is 6.08 Å². The quantitative estimate of drug-likeness (QED) is 0.789. The molecule has 5 heteroatoms. The molecular weight excluding hydrogens is 358 g/mol. The SMILES string of the molecule is O=C(CNC(=O)c1cccc(Br)c1)OC/C=C/c1ccccc1. The summed E-state index contributed by atoms with van der Waals surface area (Å²) in [7, 11) is 0. The molecule has 2 aromatic rings. The molecule has 2 aromatic carbocycles. The molecule has 0 unspecified atom stereocenters. The van der Waals surface area contributed by atoms with Gasteiger partial charge in [0.25, 0.3) is 5.91 Å². The lowest BCUT2D eigenvalue weighted by Gasteiger charge is -2.05. The minimum atomic E-state index is -0.481. The van der Waals surface area contributed by atoms with Crippen molar-refractivity contribution in [1.29, 1.82) is 0 Å². The average Bonchev–Trinajstić information content (AvgIpc) is 2.57. The standard InChI is InChI=1S/C18H16BrNO3/c19-16-10-4-9-15(12-16)18(22)20-13-17(21)23-11-5-8-14-6-2-1-3-7-14/h1-10,12H,11,13H2,(H,20,22)/b8-5+. The van der Waals surface area contributed by atoms with E-state index in [1.165, 1.54) is 0 Å². The second kappa shape index (κ2) is 8.90. The van der Waals surface area contributed by atoms with Crippen molar-refractivity contribution in [3.8, 4) is 0 Å². The van der Waals surface area contributed by atoms with Crippen molar-refractivity contribution in [2.24, 2.45) is 0 Å². The Labute approximate surface area is 143 Å². The summed E-state index contributed by atoms with van der Waals surface area (Å²) in [6.45, 7) is 0.00497. The lowest BCUT2D eigenvalue weighted by atomic mass is 10.2. The zero-order valence-corrected chi connectivity index (χ0v) is 14.0. The van der Waals surface area contributed by atoms with Crippen LogP contribution < -0.4 is 5.32 Å². The van der Waals surface area contributed by atoms with Gasteiger partial charge in [0.05, 0.1) is 0 Å². The molecule has 2 rings (SSSR count). The summed E-state index contributed by atoms with van der Waals surface area (Å²) in [4.78, 5) is 23.4. The number of benzene rings is 2. The summed E-state index contributed by atoms with van der Waals surface area (Å²) >= 11 is 3.29. The normalized spacial score (nSPS) is 10.5. The van der Waals surface area contributed by atoms with Gasteiger partial charge in [-0.15, -0.1) is 0 Å². The molecule has 0 fully saturated rings. The van der Waals surface area contributed by atoms with E-state index in [-0.39, 0.29) is 19.1 Å². The third-order valence-corrected chi connectivity index (χ3v) is 3.42. The van der Waals surface area contributed by atoms with Crippen LogP contribution in [-0.4, -0.2) is 25.0 Å². The fourth-order valence-corrected chi connectivity index (χ4v) is 2.22. The highest BCUT2D eigenvalue weighted by molar-refractivity contribution is 9.10. The van der Waals surface area contributed by atoms with Gasteiger partial charge in [0.2, 0.25) is 0 Å². The van der Waals surface area contributed by atoms with Gasteiger partial charge in [0.1, 0.15) is 13.2 Å². The first kappa shape index (κ1) is 17.0. The fourth-order valence-electron chi connectivity index (χ4n) is 1.82. The highest BCUT2D eigenvalue weighted by Gasteiger charge is 2.08. The Bertz CT molecular complexity index is 698. The molecule has 1 amide bonds. The van der Waals surface area contributed by atoms with E-state index in [4.69, 9.17) is 4.74 Å². The number of rotatable bonds is 6. The lowest BCUT2D eigenvalue weighted by molar-refractivity contribution is -0.141. The number of hydrogen-bond donors (Lipinski definition) is 1. The number of amides is 1. The van der Waals surface area contributed by atoms with Crippen LogP contribution in [0, 0.1) is 0 Å². The molecule has 0 bridgehead atoms. The molecule has 0 atom stereocenters. The van der Waals surface area contributed by atoms with E-state index in [0.29, 0.717) is 5.56 Å². The van der Waals surface area contributed by atoms with Crippen molar-refractivity contribution >= 4 is 33.9 Å². The topological polar surface area (TPSA) is 55.4 Å². The number of carbonyl (C=O) groups is 2. The molecule has 0 aliphatic rings. The molecule has 23 heavy (non-hydrogen) atoms. The maximum Gasteiger partial charge on any atom is 0.325 e. The maximum atomic E-state index is 11.9. The Morgan fingerprint density at radius 2 is 1.87 bits per heavy atom. The molecule has 0 aromatic heterocycles. The maximum absolute atomic E-state index is 11.9. The molecule has 0 heterocycles. The highest BCUT2D eigenvalue weighted by atomic mass is 79.9. The van der Waals surface area contributed by atoms with Crippen LogP contribution in [0.5, 0.6) is 0 Å². The number of carbonyl (C=O) groups excluding carboxylic acids is 2. The predicted octanol–water partition coefficient (Wildman–Crippen LogP) is 3.44. The molecule has 4 nitrogen and oxygen atoms in total. The van der Waals surface area contributed by atoms with Gasteiger partial charge in [-0.2, -0.15) is 0 Å². The smallest absolute Gasteiger partial charge is 0.325 e. The van der Waals surface area contributed by atoms with Crippen molar-refractivity contribution in [3.63, 3.8) is 0 Å². The van der Waals surface area contributed by atoms with E-state index in [1.807, 2.05) is 42.5 Å². The van der Waals surface area contributed by atoms with Crippen molar-refractivity contribution in [2.75, 3.05) is 13.2 Å². The first-order valence-electron chi connectivity index (χ1n) is 7.06. The number of esters is 1. The summed E-state index contributed by atoms with van der Waals surface area (Å²) in [5.74, 6) is -0.797. The predicted molar refractivity (Wildman–Crippen MR) is 92.9 cm³/mol. The van der Waals surface area contributed by atoms with Crippen LogP contribution >= 0.6 is 15.9 Å². The third kappa shape index (κ3) is 6.08. The van der Waals surface area contributed by atoms with Crippen LogP contribution in [0.2, 0.25) is 0 Å². The Morgan fingerprint density at radius 1 is 1.09 bits per heavy atom. The van der Waals surface area contributed by atoms with E-state index in [1.54, 1.807) is 24.3 Å². The lowest BCUT2D eigenvalue weighted by Crippen LogP contribution is -2.30. The number of halogens is 1. The van der Waals surface area contributed by atoms with Crippen LogP contribution in [0.1, 0.15) is 15.9 Å². The summed E-state index contributed by atoms with van der Waals surface area (Å²) in [5, 5.41) is 2.53. The zero-order chi connectivity index (χ0) is 16.5. The second-order valence-electron chi connectivity index (χ2n) is 4.69. The van der Waals surface area contributed by atoms with Crippen LogP contribution in [-0.2, 0) is 9.53 Å². The Kier molecular flexibility index (Phi) is 6.56. The molecule has 0 spiro atoms. The van der Waals surface area contributed by atoms with E-state index < -0.39 is 5.97 Å². The summed E-state index contributed by atoms with van der Waals surface area (Å²) in [5.41, 5.74) is 1.52. The van der Waals surface area contributed by atoms with Crippen molar-refractivity contribution in [2.45, 2.75) is 0 Å². The Morgan fingerprint density at radius 3 is 2.61 bits per heavy atom. The van der Waals surface area contributed by atoms with E-state index >= 15 is 0 Å². The minimum absolute atomic E-state index is 0.162. The summed E-state index contributed by atoms with van der Waals surface area (Å²) in [6.07, 6.45) is 3.62. The van der Waals surface area contributed by atoms with E-state index in [2.05, 4.69) is 21.2 Å². The number of hydrogen-bond acceptors (Lipinski definition) is 3. The molecule has 1 N–H and O–H groups in total. The first-order chi connectivity index (χ1) is 11.1. The van der Waals surface area contributed by atoms with Gasteiger partial charge < -0.3 is 10.1 Å². The molecule has 0 aliphatic heterocycles. The van der Waals surface area contributed by atoms with E-state index in [9.17, 15) is 9.59 Å². The molecular formula is C18H16BrNO3. The fraction of sp³-hybridized carbons (Fsp3) is 0.111. The van der Waals surface area contributed by atoms with Gasteiger partial charge in [-0.05, 0) is 29.8 Å². The first-order valence-corrected chi connectivity index (χ1v) is 7.85. The molecule has 0 saturated heterocycles. The second-order valence-corrected chi connectivity index (χ2v) is 5.60. The minimum Gasteiger partial charge on any atom is -0.460 e. The van der Waals surface area contributed by atoms with Gasteiger partial charge >= 0.3 is 5.97 Å². The van der Waals surface area contributed by atoms with Gasteiger partial charge in [-0.25, -0.2) is 0 Å². The Balaban J connectivity index is 1.71. The van der Waals surface area contributed by atoms with Crippen LogP contribution in [0.15, 0.2) is 65.1 Å². The number of ether oxygens (including phenoxy) is 1. The summed E-state index contributed by atoms with van der Waals surface area (Å²) < 4.78 is 5.83. The zero-order valence-electron chi connectivity index (χ0n) is 12.4. The highest BCUT2D eigenvalue weighted by Crippen LogP contribution is 2.11. The van der Waals surface area contributed by atoms with Gasteiger partial charge in [0.15, 0.2) is 0 Å². The monoisotopic (exact) mass is 373 g/mol. The third-order valence-electron chi connectivity index (χ3n) is 2.93.